The molecule has 0 aromatic heterocycles. The molecule has 0 aliphatic heterocycles. The van der Waals surface area contributed by atoms with E-state index >= 15 is 0 Å². The van der Waals surface area contributed by atoms with Crippen LogP contribution in [0.15, 0.2) is 42.5 Å². The summed E-state index contributed by atoms with van der Waals surface area (Å²) in [5.74, 6) is -6.39. The van der Waals surface area contributed by atoms with Crippen LogP contribution in [-0.2, 0) is 0 Å². The van der Waals surface area contributed by atoms with Gasteiger partial charge >= 0.3 is 0 Å². The summed E-state index contributed by atoms with van der Waals surface area (Å²) in [6.07, 6.45) is 0. The maximum atomic E-state index is 14.4. The summed E-state index contributed by atoms with van der Waals surface area (Å²) in [5, 5.41) is 4.20. The van der Waals surface area contributed by atoms with Crippen LogP contribution in [0.5, 0.6) is 17.2 Å². The van der Waals surface area contributed by atoms with Crippen molar-refractivity contribution in [3.05, 3.63) is 76.9 Å². The summed E-state index contributed by atoms with van der Waals surface area (Å²) in [6.45, 7) is 3.65. The molecule has 3 aromatic rings. The Labute approximate surface area is 204 Å². The fraction of sp³-hybridized carbons (Fsp3) is 0.200. The highest BCUT2D eigenvalue weighted by Crippen LogP contribution is 2.29. The number of amides is 2. The third-order valence-corrected chi connectivity index (χ3v) is 4.84. The quantitative estimate of drug-likeness (QED) is 0.372. The Hall–Kier alpha value is -4.28. The van der Waals surface area contributed by atoms with E-state index in [1.807, 2.05) is 0 Å². The molecule has 11 heteroatoms. The van der Waals surface area contributed by atoms with Gasteiger partial charge in [0.05, 0.1) is 25.9 Å². The van der Waals surface area contributed by atoms with Crippen molar-refractivity contribution in [3.8, 4) is 17.2 Å². The van der Waals surface area contributed by atoms with Gasteiger partial charge in [0.25, 0.3) is 11.8 Å². The van der Waals surface area contributed by atoms with Gasteiger partial charge in [0.15, 0.2) is 23.3 Å². The summed E-state index contributed by atoms with van der Waals surface area (Å²) < 4.78 is 72.7. The zero-order chi connectivity index (χ0) is 26.4. The van der Waals surface area contributed by atoms with Gasteiger partial charge in [0, 0.05) is 29.8 Å². The average molecular weight is 506 g/mol. The number of carbonyl (C=O) groups is 2. The average Bonchev–Trinajstić information content (AvgIpc) is 2.83. The molecule has 0 aliphatic rings. The van der Waals surface area contributed by atoms with Gasteiger partial charge in [-0.1, -0.05) is 0 Å². The minimum absolute atomic E-state index is 0.0192. The molecular weight excluding hydrogens is 484 g/mol. The van der Waals surface area contributed by atoms with Crippen molar-refractivity contribution in [1.29, 1.82) is 0 Å². The maximum Gasteiger partial charge on any atom is 0.259 e. The van der Waals surface area contributed by atoms with Crippen LogP contribution < -0.4 is 24.8 Å². The van der Waals surface area contributed by atoms with Crippen LogP contribution >= 0.6 is 0 Å². The third kappa shape index (κ3) is 5.85. The summed E-state index contributed by atoms with van der Waals surface area (Å²) in [6, 6.07) is 7.18. The first-order chi connectivity index (χ1) is 17.2. The fourth-order valence-electron chi connectivity index (χ4n) is 3.23. The number of ether oxygens (including phenoxy) is 3. The van der Waals surface area contributed by atoms with Gasteiger partial charge in [-0.05, 0) is 32.0 Å². The van der Waals surface area contributed by atoms with Crippen LogP contribution in [0.3, 0.4) is 0 Å². The van der Waals surface area contributed by atoms with E-state index in [-0.39, 0.29) is 41.6 Å². The van der Waals surface area contributed by atoms with E-state index in [2.05, 4.69) is 10.6 Å². The summed E-state index contributed by atoms with van der Waals surface area (Å²) in [5.41, 5.74) is -1.89. The van der Waals surface area contributed by atoms with Crippen LogP contribution in [0.4, 0.5) is 28.9 Å². The second-order valence-corrected chi connectivity index (χ2v) is 7.21. The van der Waals surface area contributed by atoms with Crippen molar-refractivity contribution in [3.63, 3.8) is 0 Å². The first kappa shape index (κ1) is 26.3. The van der Waals surface area contributed by atoms with Crippen LogP contribution in [-0.4, -0.2) is 32.1 Å². The van der Waals surface area contributed by atoms with Crippen molar-refractivity contribution in [2.75, 3.05) is 31.0 Å². The second-order valence-electron chi connectivity index (χ2n) is 7.21. The molecule has 0 saturated carbocycles. The molecule has 0 radical (unpaired) electrons. The predicted molar refractivity (Wildman–Crippen MR) is 124 cm³/mol. The molecule has 3 rings (SSSR count). The molecular formula is C25H22F4N2O5. The molecule has 3 aromatic carbocycles. The Kier molecular flexibility index (Phi) is 8.36. The normalized spacial score (nSPS) is 10.5. The molecule has 2 amide bonds. The number of hydrogen-bond donors (Lipinski definition) is 2. The number of carbonyl (C=O) groups excluding carboxylic acids is 2. The van der Waals surface area contributed by atoms with E-state index in [1.54, 1.807) is 13.8 Å². The third-order valence-electron chi connectivity index (χ3n) is 4.84. The number of anilines is 2. The van der Waals surface area contributed by atoms with E-state index in [9.17, 15) is 27.2 Å². The fourth-order valence-corrected chi connectivity index (χ4v) is 3.23. The van der Waals surface area contributed by atoms with E-state index < -0.39 is 46.5 Å². The number of rotatable bonds is 9. The van der Waals surface area contributed by atoms with Gasteiger partial charge < -0.3 is 24.8 Å². The van der Waals surface area contributed by atoms with Gasteiger partial charge in [-0.2, -0.15) is 0 Å². The molecule has 36 heavy (non-hydrogen) atoms. The topological polar surface area (TPSA) is 85.9 Å². The van der Waals surface area contributed by atoms with E-state index in [0.717, 1.165) is 30.3 Å². The predicted octanol–water partition coefficient (Wildman–Crippen LogP) is 5.55. The molecule has 0 bridgehead atoms. The van der Waals surface area contributed by atoms with Gasteiger partial charge in [0.2, 0.25) is 0 Å². The van der Waals surface area contributed by atoms with Crippen LogP contribution in [0.1, 0.15) is 34.6 Å². The van der Waals surface area contributed by atoms with E-state index in [4.69, 9.17) is 14.2 Å². The molecule has 2 N–H and O–H groups in total. The highest BCUT2D eigenvalue weighted by Gasteiger charge is 2.21. The number of methoxy groups -OCH3 is 1. The molecule has 190 valence electrons. The Bertz CT molecular complexity index is 1250. The van der Waals surface area contributed by atoms with E-state index in [1.165, 1.54) is 19.2 Å². The Morgan fingerprint density at radius 2 is 1.17 bits per heavy atom. The smallest absolute Gasteiger partial charge is 0.259 e. The molecule has 0 fully saturated rings. The lowest BCUT2D eigenvalue weighted by atomic mass is 10.1. The van der Waals surface area contributed by atoms with Crippen LogP contribution in [0.25, 0.3) is 0 Å². The molecule has 0 spiro atoms. The Morgan fingerprint density at radius 3 is 1.58 bits per heavy atom. The monoisotopic (exact) mass is 506 g/mol. The lowest BCUT2D eigenvalue weighted by Gasteiger charge is -2.14. The molecule has 0 aliphatic carbocycles. The summed E-state index contributed by atoms with van der Waals surface area (Å²) in [7, 11) is 1.24. The van der Waals surface area contributed by atoms with Crippen molar-refractivity contribution < 1.29 is 41.4 Å². The lowest BCUT2D eigenvalue weighted by Crippen LogP contribution is -2.18. The Balaban J connectivity index is 1.88. The van der Waals surface area contributed by atoms with Crippen molar-refractivity contribution in [2.24, 2.45) is 0 Å². The number of halogens is 4. The molecule has 0 unspecified atom stereocenters. The second kappa shape index (κ2) is 11.4. The van der Waals surface area contributed by atoms with Gasteiger partial charge in [-0.15, -0.1) is 0 Å². The van der Waals surface area contributed by atoms with Crippen molar-refractivity contribution in [1.82, 2.24) is 0 Å². The highest BCUT2D eigenvalue weighted by atomic mass is 19.1. The first-order valence-corrected chi connectivity index (χ1v) is 10.7. The van der Waals surface area contributed by atoms with Crippen molar-refractivity contribution >= 4 is 23.2 Å². The molecule has 0 heterocycles. The lowest BCUT2D eigenvalue weighted by molar-refractivity contribution is 0.102. The maximum absolute atomic E-state index is 14.4. The SMILES string of the molecule is CCOc1cc(F)c(NC(=O)c2ccc(OC)c(C(=O)Nc3c(F)cc(OCC)cc3F)c2)c(F)c1. The molecule has 0 saturated heterocycles. The standard InChI is InChI=1S/C25H22F4N2O5/c1-4-35-14-9-17(26)22(18(27)10-14)30-24(32)13-6-7-21(34-3)16(8-13)25(33)31-23-19(28)11-15(36-5-2)12-20(23)29/h6-12H,4-5H2,1-3H3,(H,30,32)(H,31,33). The minimum atomic E-state index is -1.08. The number of hydrogen-bond acceptors (Lipinski definition) is 5. The Morgan fingerprint density at radius 1 is 0.722 bits per heavy atom. The minimum Gasteiger partial charge on any atom is -0.496 e. The highest BCUT2D eigenvalue weighted by molar-refractivity contribution is 6.10. The molecule has 0 atom stereocenters. The van der Waals surface area contributed by atoms with Gasteiger partial charge in [-0.25, -0.2) is 17.6 Å². The largest absolute Gasteiger partial charge is 0.496 e. The molecule has 7 nitrogen and oxygen atoms in total. The van der Waals surface area contributed by atoms with Crippen molar-refractivity contribution in [2.45, 2.75) is 13.8 Å². The number of benzene rings is 3. The zero-order valence-corrected chi connectivity index (χ0v) is 19.5. The van der Waals surface area contributed by atoms with Crippen LogP contribution in [0.2, 0.25) is 0 Å². The first-order valence-electron chi connectivity index (χ1n) is 10.7. The summed E-state index contributed by atoms with van der Waals surface area (Å²) in [4.78, 5) is 25.5. The van der Waals surface area contributed by atoms with Crippen LogP contribution in [0, 0.1) is 23.3 Å². The number of nitrogens with one attached hydrogen (secondary N) is 2. The summed E-state index contributed by atoms with van der Waals surface area (Å²) >= 11 is 0. The van der Waals surface area contributed by atoms with Gasteiger partial charge in [-0.3, -0.25) is 9.59 Å². The van der Waals surface area contributed by atoms with Gasteiger partial charge in [0.1, 0.15) is 28.6 Å². The zero-order valence-electron chi connectivity index (χ0n) is 19.5. The van der Waals surface area contributed by atoms with E-state index in [0.29, 0.717) is 0 Å².